The van der Waals surface area contributed by atoms with Gasteiger partial charge in [0.05, 0.1) is 0 Å². The number of carbonyl (C=O) groups excluding carboxylic acids is 2. The van der Waals surface area contributed by atoms with Gasteiger partial charge in [0.1, 0.15) is 6.61 Å². The number of likely N-dealkylation sites (tertiary alicyclic amines) is 1. The zero-order chi connectivity index (χ0) is 14.3. The second-order valence-corrected chi connectivity index (χ2v) is 5.06. The van der Waals surface area contributed by atoms with E-state index in [1.807, 2.05) is 14.0 Å². The molecule has 0 aromatic carbocycles. The molecule has 0 spiro atoms. The predicted octanol–water partition coefficient (Wildman–Crippen LogP) is -0.404. The number of amides is 2. The van der Waals surface area contributed by atoms with Crippen LogP contribution in [0, 0.1) is 5.92 Å². The van der Waals surface area contributed by atoms with Gasteiger partial charge in [-0.2, -0.15) is 0 Å². The van der Waals surface area contributed by atoms with E-state index in [-0.39, 0.29) is 30.4 Å². The Labute approximate surface area is 114 Å². The second-order valence-electron chi connectivity index (χ2n) is 5.06. The number of nitrogens with zero attached hydrogens (tertiary/aromatic N) is 1. The molecule has 1 atom stereocenters. The maximum Gasteiger partial charge on any atom is 0.248 e. The molecule has 19 heavy (non-hydrogen) atoms. The van der Waals surface area contributed by atoms with Gasteiger partial charge in [-0.15, -0.1) is 0 Å². The molecular weight excluding hydrogens is 246 g/mol. The monoisotopic (exact) mass is 271 g/mol. The third-order valence-corrected chi connectivity index (χ3v) is 3.42. The molecule has 0 saturated carbocycles. The van der Waals surface area contributed by atoms with E-state index < -0.39 is 0 Å². The predicted molar refractivity (Wildman–Crippen MR) is 72.7 cm³/mol. The third kappa shape index (κ3) is 5.16. The summed E-state index contributed by atoms with van der Waals surface area (Å²) in [6.45, 7) is 4.09. The Hall–Kier alpha value is -1.14. The molecule has 0 aliphatic carbocycles. The van der Waals surface area contributed by atoms with Crippen LogP contribution < -0.4 is 10.6 Å². The van der Waals surface area contributed by atoms with Crippen molar-refractivity contribution in [3.63, 3.8) is 0 Å². The first-order chi connectivity index (χ1) is 9.08. The van der Waals surface area contributed by atoms with E-state index in [1.165, 1.54) is 7.11 Å². The highest BCUT2D eigenvalue weighted by atomic mass is 16.5. The molecule has 1 saturated heterocycles. The number of methoxy groups -OCH3 is 1. The summed E-state index contributed by atoms with van der Waals surface area (Å²) in [7, 11) is 3.36. The molecule has 1 aliphatic heterocycles. The summed E-state index contributed by atoms with van der Waals surface area (Å²) in [5.74, 6) is 0.0741. The Morgan fingerprint density at radius 2 is 2.00 bits per heavy atom. The van der Waals surface area contributed by atoms with Gasteiger partial charge < -0.3 is 20.3 Å². The van der Waals surface area contributed by atoms with Crippen LogP contribution >= 0.6 is 0 Å². The first-order valence-electron chi connectivity index (χ1n) is 6.80. The zero-order valence-corrected chi connectivity index (χ0v) is 12.1. The van der Waals surface area contributed by atoms with Crippen LogP contribution in [0.25, 0.3) is 0 Å². The van der Waals surface area contributed by atoms with E-state index in [0.29, 0.717) is 19.6 Å². The van der Waals surface area contributed by atoms with Gasteiger partial charge in [-0.1, -0.05) is 6.92 Å². The maximum atomic E-state index is 11.9. The fraction of sp³-hybridized carbons (Fsp3) is 0.846. The normalized spacial score (nSPS) is 18.2. The van der Waals surface area contributed by atoms with E-state index in [1.54, 1.807) is 4.90 Å². The molecule has 1 unspecified atom stereocenters. The lowest BCUT2D eigenvalue weighted by atomic mass is 10.0. The topological polar surface area (TPSA) is 70.7 Å². The lowest BCUT2D eigenvalue weighted by Gasteiger charge is -2.32. The molecule has 6 nitrogen and oxygen atoms in total. The average molecular weight is 271 g/mol. The van der Waals surface area contributed by atoms with Crippen LogP contribution in [0.4, 0.5) is 0 Å². The van der Waals surface area contributed by atoms with Crippen molar-refractivity contribution in [3.8, 4) is 0 Å². The van der Waals surface area contributed by atoms with Crippen LogP contribution in [-0.4, -0.2) is 63.2 Å². The molecule has 110 valence electrons. The third-order valence-electron chi connectivity index (χ3n) is 3.42. The molecule has 0 bridgehead atoms. The fourth-order valence-corrected chi connectivity index (χ4v) is 2.23. The SMILES string of the molecule is CNCC(C)C(=O)NC1CCN(C(=O)COC)CC1. The van der Waals surface area contributed by atoms with Crippen molar-refractivity contribution in [1.82, 2.24) is 15.5 Å². The van der Waals surface area contributed by atoms with Crippen LogP contribution in [0.2, 0.25) is 0 Å². The summed E-state index contributed by atoms with van der Waals surface area (Å²) in [6, 6.07) is 0.179. The Balaban J connectivity index is 2.30. The molecule has 0 aromatic rings. The van der Waals surface area contributed by atoms with Crippen LogP contribution in [0.1, 0.15) is 19.8 Å². The van der Waals surface area contributed by atoms with E-state index in [9.17, 15) is 9.59 Å². The maximum absolute atomic E-state index is 11.9. The van der Waals surface area contributed by atoms with Gasteiger partial charge in [-0.3, -0.25) is 9.59 Å². The summed E-state index contributed by atoms with van der Waals surface area (Å²) >= 11 is 0. The summed E-state index contributed by atoms with van der Waals surface area (Å²) in [4.78, 5) is 25.3. The smallest absolute Gasteiger partial charge is 0.248 e. The van der Waals surface area contributed by atoms with Gasteiger partial charge in [0.2, 0.25) is 11.8 Å². The van der Waals surface area contributed by atoms with Crippen LogP contribution in [0.5, 0.6) is 0 Å². The minimum absolute atomic E-state index is 0.0239. The van der Waals surface area contributed by atoms with Crippen molar-refractivity contribution < 1.29 is 14.3 Å². The van der Waals surface area contributed by atoms with E-state index in [0.717, 1.165) is 12.8 Å². The summed E-state index contributed by atoms with van der Waals surface area (Å²) in [5, 5.41) is 6.04. The van der Waals surface area contributed by atoms with Crippen LogP contribution in [0.15, 0.2) is 0 Å². The van der Waals surface area contributed by atoms with E-state index in [2.05, 4.69) is 10.6 Å². The summed E-state index contributed by atoms with van der Waals surface area (Å²) in [6.07, 6.45) is 1.63. The average Bonchev–Trinajstić information content (AvgIpc) is 2.40. The van der Waals surface area contributed by atoms with Gasteiger partial charge >= 0.3 is 0 Å². The first kappa shape index (κ1) is 15.9. The number of nitrogens with one attached hydrogen (secondary N) is 2. The number of piperidine rings is 1. The summed E-state index contributed by atoms with van der Waals surface area (Å²) in [5.41, 5.74) is 0. The van der Waals surface area contributed by atoms with Crippen molar-refractivity contribution >= 4 is 11.8 Å². The Bertz CT molecular complexity index is 302. The van der Waals surface area contributed by atoms with Gasteiger partial charge in [-0.05, 0) is 19.9 Å². The fourth-order valence-electron chi connectivity index (χ4n) is 2.23. The summed E-state index contributed by atoms with van der Waals surface area (Å²) < 4.78 is 4.84. The van der Waals surface area contributed by atoms with Gasteiger partial charge in [-0.25, -0.2) is 0 Å². The van der Waals surface area contributed by atoms with E-state index >= 15 is 0 Å². The number of ether oxygens (including phenoxy) is 1. The zero-order valence-electron chi connectivity index (χ0n) is 12.1. The van der Waals surface area contributed by atoms with Crippen LogP contribution in [-0.2, 0) is 14.3 Å². The van der Waals surface area contributed by atoms with Crippen molar-refractivity contribution in [3.05, 3.63) is 0 Å². The molecule has 6 heteroatoms. The minimum atomic E-state index is -0.0295. The van der Waals surface area contributed by atoms with Crippen molar-refractivity contribution in [1.29, 1.82) is 0 Å². The molecule has 1 rings (SSSR count). The molecule has 2 N–H and O–H groups in total. The van der Waals surface area contributed by atoms with Gasteiger partial charge in [0, 0.05) is 38.7 Å². The number of hydrogen-bond acceptors (Lipinski definition) is 4. The first-order valence-corrected chi connectivity index (χ1v) is 6.80. The highest BCUT2D eigenvalue weighted by molar-refractivity contribution is 5.79. The Morgan fingerprint density at radius 1 is 1.37 bits per heavy atom. The second kappa shape index (κ2) is 8.12. The standard InChI is InChI=1S/C13H25N3O3/c1-10(8-14-2)13(18)15-11-4-6-16(7-5-11)12(17)9-19-3/h10-11,14H,4-9H2,1-3H3,(H,15,18). The number of carbonyl (C=O) groups is 2. The van der Waals surface area contributed by atoms with Crippen LogP contribution in [0.3, 0.4) is 0 Å². The van der Waals surface area contributed by atoms with Crippen molar-refractivity contribution in [2.24, 2.45) is 5.92 Å². The Morgan fingerprint density at radius 3 is 2.53 bits per heavy atom. The number of hydrogen-bond donors (Lipinski definition) is 2. The quantitative estimate of drug-likeness (QED) is 0.689. The minimum Gasteiger partial charge on any atom is -0.375 e. The molecule has 0 radical (unpaired) electrons. The lowest BCUT2D eigenvalue weighted by Crippen LogP contribution is -2.49. The highest BCUT2D eigenvalue weighted by Crippen LogP contribution is 2.11. The van der Waals surface area contributed by atoms with Gasteiger partial charge in [0.15, 0.2) is 0 Å². The largest absolute Gasteiger partial charge is 0.375 e. The molecule has 1 heterocycles. The number of rotatable bonds is 6. The van der Waals surface area contributed by atoms with Crippen molar-refractivity contribution in [2.75, 3.05) is 40.4 Å². The molecular formula is C13H25N3O3. The molecule has 0 aromatic heterocycles. The molecule has 1 aliphatic rings. The Kier molecular flexibility index (Phi) is 6.80. The molecule has 2 amide bonds. The lowest BCUT2D eigenvalue weighted by molar-refractivity contribution is -0.136. The van der Waals surface area contributed by atoms with Gasteiger partial charge in [0.25, 0.3) is 0 Å². The molecule has 1 fully saturated rings. The van der Waals surface area contributed by atoms with Crippen molar-refractivity contribution in [2.45, 2.75) is 25.8 Å². The van der Waals surface area contributed by atoms with E-state index in [4.69, 9.17) is 4.74 Å². The highest BCUT2D eigenvalue weighted by Gasteiger charge is 2.24.